The number of hydrogen-bond donors (Lipinski definition) is 1. The fourth-order valence-corrected chi connectivity index (χ4v) is 2.13. The summed E-state index contributed by atoms with van der Waals surface area (Å²) in [4.78, 5) is 13.7. The average Bonchev–Trinajstić information content (AvgIpc) is 2.22. The zero-order valence-corrected chi connectivity index (χ0v) is 11.2. The predicted octanol–water partition coefficient (Wildman–Crippen LogP) is 1.56. The van der Waals surface area contributed by atoms with Crippen LogP contribution in [0, 0.1) is 0 Å². The summed E-state index contributed by atoms with van der Waals surface area (Å²) in [7, 11) is 0. The highest BCUT2D eigenvalue weighted by atomic mass is 16.5. The smallest absolute Gasteiger partial charge is 0.222 e. The molecule has 1 heterocycles. The van der Waals surface area contributed by atoms with Crippen LogP contribution in [0.5, 0.6) is 0 Å². The number of aliphatic hydroxyl groups is 1. The van der Waals surface area contributed by atoms with Crippen molar-refractivity contribution in [3.63, 3.8) is 0 Å². The standard InChI is InChI=1S/C13H25NO3/c1-11(2)17-9-4-6-12(15)14-8-5-7-13(3,16)10-14/h11,16H,4-10H2,1-3H3/t13-/m1/s1. The fraction of sp³-hybridized carbons (Fsp3) is 0.923. The first-order valence-corrected chi connectivity index (χ1v) is 6.52. The van der Waals surface area contributed by atoms with Crippen molar-refractivity contribution < 1.29 is 14.6 Å². The predicted molar refractivity (Wildman–Crippen MR) is 66.8 cm³/mol. The Labute approximate surface area is 104 Å². The first kappa shape index (κ1) is 14.5. The van der Waals surface area contributed by atoms with E-state index in [1.54, 1.807) is 11.8 Å². The van der Waals surface area contributed by atoms with Crippen molar-refractivity contribution in [1.82, 2.24) is 4.90 Å². The lowest BCUT2D eigenvalue weighted by molar-refractivity contribution is -0.137. The van der Waals surface area contributed by atoms with Crippen molar-refractivity contribution >= 4 is 5.91 Å². The summed E-state index contributed by atoms with van der Waals surface area (Å²) in [6, 6.07) is 0. The number of carbonyl (C=O) groups is 1. The molecule has 1 N–H and O–H groups in total. The number of hydrogen-bond acceptors (Lipinski definition) is 3. The van der Waals surface area contributed by atoms with E-state index < -0.39 is 5.60 Å². The van der Waals surface area contributed by atoms with Gasteiger partial charge in [0.15, 0.2) is 0 Å². The second-order valence-electron chi connectivity index (χ2n) is 5.44. The Morgan fingerprint density at radius 3 is 2.82 bits per heavy atom. The molecule has 0 spiro atoms. The Balaban J connectivity index is 2.23. The van der Waals surface area contributed by atoms with Gasteiger partial charge >= 0.3 is 0 Å². The molecule has 1 saturated heterocycles. The van der Waals surface area contributed by atoms with Gasteiger partial charge in [-0.3, -0.25) is 4.79 Å². The SMILES string of the molecule is CC(C)OCCCC(=O)N1CCC[C@@](C)(O)C1. The molecule has 100 valence electrons. The first-order chi connectivity index (χ1) is 7.91. The number of rotatable bonds is 5. The van der Waals surface area contributed by atoms with Gasteiger partial charge < -0.3 is 14.7 Å². The van der Waals surface area contributed by atoms with Gasteiger partial charge in [-0.05, 0) is 40.0 Å². The van der Waals surface area contributed by atoms with Gasteiger partial charge in [0.2, 0.25) is 5.91 Å². The van der Waals surface area contributed by atoms with Gasteiger partial charge in [-0.2, -0.15) is 0 Å². The minimum absolute atomic E-state index is 0.136. The van der Waals surface area contributed by atoms with Gasteiger partial charge in [0.25, 0.3) is 0 Å². The molecule has 0 aliphatic carbocycles. The Morgan fingerprint density at radius 1 is 1.53 bits per heavy atom. The fourth-order valence-electron chi connectivity index (χ4n) is 2.13. The van der Waals surface area contributed by atoms with Crippen LogP contribution in [0.2, 0.25) is 0 Å². The molecule has 4 heteroatoms. The topological polar surface area (TPSA) is 49.8 Å². The van der Waals surface area contributed by atoms with Crippen molar-refractivity contribution in [1.29, 1.82) is 0 Å². The Bertz CT molecular complexity index is 251. The highest BCUT2D eigenvalue weighted by molar-refractivity contribution is 5.76. The van der Waals surface area contributed by atoms with E-state index in [-0.39, 0.29) is 12.0 Å². The lowest BCUT2D eigenvalue weighted by atomic mass is 9.95. The minimum Gasteiger partial charge on any atom is -0.388 e. The molecule has 0 unspecified atom stereocenters. The molecule has 0 saturated carbocycles. The molecule has 0 aromatic carbocycles. The van der Waals surface area contributed by atoms with Crippen LogP contribution in [-0.2, 0) is 9.53 Å². The van der Waals surface area contributed by atoms with Gasteiger partial charge in [0.05, 0.1) is 11.7 Å². The Hall–Kier alpha value is -0.610. The van der Waals surface area contributed by atoms with E-state index in [1.807, 2.05) is 13.8 Å². The third kappa shape index (κ3) is 5.50. The van der Waals surface area contributed by atoms with Gasteiger partial charge in [-0.1, -0.05) is 0 Å². The quantitative estimate of drug-likeness (QED) is 0.746. The molecule has 0 bridgehead atoms. The summed E-state index contributed by atoms with van der Waals surface area (Å²) in [6.07, 6.45) is 3.17. The van der Waals surface area contributed by atoms with Crippen LogP contribution in [0.25, 0.3) is 0 Å². The van der Waals surface area contributed by atoms with E-state index in [0.717, 1.165) is 25.8 Å². The zero-order chi connectivity index (χ0) is 12.9. The molecule has 1 fully saturated rings. The zero-order valence-electron chi connectivity index (χ0n) is 11.2. The maximum absolute atomic E-state index is 11.9. The van der Waals surface area contributed by atoms with Crippen LogP contribution < -0.4 is 0 Å². The summed E-state index contributed by atoms with van der Waals surface area (Å²) in [6.45, 7) is 7.66. The van der Waals surface area contributed by atoms with Crippen molar-refractivity contribution in [2.45, 2.75) is 58.2 Å². The molecule has 1 aliphatic heterocycles. The first-order valence-electron chi connectivity index (χ1n) is 6.52. The lowest BCUT2D eigenvalue weighted by Gasteiger charge is -2.36. The summed E-state index contributed by atoms with van der Waals surface area (Å²) in [5, 5.41) is 9.92. The van der Waals surface area contributed by atoms with E-state index in [1.165, 1.54) is 0 Å². The highest BCUT2D eigenvalue weighted by Gasteiger charge is 2.30. The number of piperidine rings is 1. The molecule has 1 amide bonds. The van der Waals surface area contributed by atoms with Crippen molar-refractivity contribution in [2.75, 3.05) is 19.7 Å². The third-order valence-corrected chi connectivity index (χ3v) is 3.01. The van der Waals surface area contributed by atoms with Gasteiger partial charge in [-0.25, -0.2) is 0 Å². The van der Waals surface area contributed by atoms with Crippen molar-refractivity contribution in [2.24, 2.45) is 0 Å². The van der Waals surface area contributed by atoms with E-state index in [9.17, 15) is 9.90 Å². The van der Waals surface area contributed by atoms with Gasteiger partial charge in [0.1, 0.15) is 0 Å². The number of carbonyl (C=O) groups excluding carboxylic acids is 1. The number of amides is 1. The van der Waals surface area contributed by atoms with Crippen LogP contribution in [0.4, 0.5) is 0 Å². The molecule has 1 rings (SSSR count). The largest absolute Gasteiger partial charge is 0.388 e. The monoisotopic (exact) mass is 243 g/mol. The molecule has 1 aliphatic rings. The van der Waals surface area contributed by atoms with Crippen LogP contribution in [-0.4, -0.2) is 47.3 Å². The van der Waals surface area contributed by atoms with Crippen molar-refractivity contribution in [3.05, 3.63) is 0 Å². The van der Waals surface area contributed by atoms with Crippen LogP contribution >= 0.6 is 0 Å². The number of ether oxygens (including phenoxy) is 1. The van der Waals surface area contributed by atoms with E-state index in [4.69, 9.17) is 4.74 Å². The number of β-amino-alcohol motifs (C(OH)–C–C–N with tert-alkyl or cyclic N) is 1. The van der Waals surface area contributed by atoms with E-state index in [0.29, 0.717) is 19.6 Å². The summed E-state index contributed by atoms with van der Waals surface area (Å²) in [5.74, 6) is 0.136. The van der Waals surface area contributed by atoms with Crippen LogP contribution in [0.15, 0.2) is 0 Å². The van der Waals surface area contributed by atoms with Gasteiger partial charge in [-0.15, -0.1) is 0 Å². The minimum atomic E-state index is -0.706. The summed E-state index contributed by atoms with van der Waals surface area (Å²) in [5.41, 5.74) is -0.706. The number of likely N-dealkylation sites (tertiary alicyclic amines) is 1. The van der Waals surface area contributed by atoms with E-state index >= 15 is 0 Å². The molecule has 0 aromatic heterocycles. The molecule has 0 radical (unpaired) electrons. The second kappa shape index (κ2) is 6.36. The van der Waals surface area contributed by atoms with Crippen LogP contribution in [0.3, 0.4) is 0 Å². The second-order valence-corrected chi connectivity index (χ2v) is 5.44. The van der Waals surface area contributed by atoms with Gasteiger partial charge in [0, 0.05) is 26.1 Å². The highest BCUT2D eigenvalue weighted by Crippen LogP contribution is 2.20. The summed E-state index contributed by atoms with van der Waals surface area (Å²) >= 11 is 0. The molecule has 0 aromatic rings. The lowest BCUT2D eigenvalue weighted by Crippen LogP contribution is -2.48. The Morgan fingerprint density at radius 2 is 2.24 bits per heavy atom. The van der Waals surface area contributed by atoms with Crippen molar-refractivity contribution in [3.8, 4) is 0 Å². The maximum Gasteiger partial charge on any atom is 0.222 e. The average molecular weight is 243 g/mol. The number of nitrogens with zero attached hydrogens (tertiary/aromatic N) is 1. The van der Waals surface area contributed by atoms with E-state index in [2.05, 4.69) is 0 Å². The summed E-state index contributed by atoms with van der Waals surface area (Å²) < 4.78 is 5.40. The van der Waals surface area contributed by atoms with Crippen LogP contribution in [0.1, 0.15) is 46.5 Å². The maximum atomic E-state index is 11.9. The molecule has 17 heavy (non-hydrogen) atoms. The molecular weight excluding hydrogens is 218 g/mol. The third-order valence-electron chi connectivity index (χ3n) is 3.01. The molecule has 1 atom stereocenters. The molecular formula is C13H25NO3. The molecule has 4 nitrogen and oxygen atoms in total. The normalized spacial score (nSPS) is 25.4. The Kier molecular flexibility index (Phi) is 5.40.